The fourth-order valence-electron chi connectivity index (χ4n) is 1.40. The predicted octanol–water partition coefficient (Wildman–Crippen LogP) is 2.70. The third-order valence-electron chi connectivity index (χ3n) is 2.25. The Morgan fingerprint density at radius 1 is 1.38 bits per heavy atom. The molecule has 0 amide bonds. The first-order chi connectivity index (χ1) is 9.87. The molecule has 0 bridgehead atoms. The summed E-state index contributed by atoms with van der Waals surface area (Å²) in [5.74, 6) is -1.01. The molecule has 2 N–H and O–H groups in total. The Morgan fingerprint density at radius 2 is 2.14 bits per heavy atom. The highest BCUT2D eigenvalue weighted by Gasteiger charge is 2.17. The van der Waals surface area contributed by atoms with Gasteiger partial charge in [-0.05, 0) is 35.9 Å². The summed E-state index contributed by atoms with van der Waals surface area (Å²) in [6.07, 6.45) is 3.66. The maximum Gasteiger partial charge on any atom is 0.328 e. The number of sulfonamides is 1. The normalized spacial score (nSPS) is 11.7. The predicted molar refractivity (Wildman–Crippen MR) is 81.0 cm³/mol. The number of carbonyl (C=O) groups is 1. The van der Waals surface area contributed by atoms with Gasteiger partial charge in [-0.2, -0.15) is 0 Å². The summed E-state index contributed by atoms with van der Waals surface area (Å²) in [7, 11) is -3.76. The molecule has 0 radical (unpaired) electrons. The Balaban J connectivity index is 2.23. The van der Waals surface area contributed by atoms with Crippen molar-refractivity contribution in [1.82, 2.24) is 4.98 Å². The lowest BCUT2D eigenvalue weighted by Crippen LogP contribution is -2.12. The van der Waals surface area contributed by atoms with Crippen molar-refractivity contribution in [3.8, 4) is 0 Å². The minimum Gasteiger partial charge on any atom is -0.478 e. The number of aromatic nitrogens is 1. The number of carboxylic acid groups (broad SMARTS) is 1. The third kappa shape index (κ3) is 4.28. The number of pyridine rings is 1. The van der Waals surface area contributed by atoms with Crippen molar-refractivity contribution in [2.24, 2.45) is 0 Å². The summed E-state index contributed by atoms with van der Waals surface area (Å²) in [6, 6.07) is 5.86. The SMILES string of the molecule is O=C(O)/C=C/c1ccnc(NS(=O)(=O)c2ccc(Cl)s2)c1. The molecular formula is C12H9ClN2O4S2. The van der Waals surface area contributed by atoms with Crippen molar-refractivity contribution in [2.45, 2.75) is 4.21 Å². The molecule has 0 aliphatic rings. The molecule has 2 rings (SSSR count). The van der Waals surface area contributed by atoms with Gasteiger partial charge in [-0.15, -0.1) is 11.3 Å². The largest absolute Gasteiger partial charge is 0.478 e. The molecule has 0 atom stereocenters. The summed E-state index contributed by atoms with van der Waals surface area (Å²) < 4.78 is 26.9. The number of halogens is 1. The molecule has 0 saturated heterocycles. The number of nitrogens with one attached hydrogen (secondary N) is 1. The maximum absolute atomic E-state index is 12.1. The highest BCUT2D eigenvalue weighted by molar-refractivity contribution is 7.94. The van der Waals surface area contributed by atoms with E-state index in [1.54, 1.807) is 6.07 Å². The van der Waals surface area contributed by atoms with E-state index in [-0.39, 0.29) is 10.0 Å². The van der Waals surface area contributed by atoms with Gasteiger partial charge in [0.15, 0.2) is 0 Å². The van der Waals surface area contributed by atoms with Gasteiger partial charge in [0.2, 0.25) is 0 Å². The number of hydrogen-bond donors (Lipinski definition) is 2. The number of rotatable bonds is 5. The second-order valence-corrected chi connectivity index (χ2v) is 7.43. The molecule has 0 fully saturated rings. The quantitative estimate of drug-likeness (QED) is 0.813. The molecule has 0 spiro atoms. The first-order valence-corrected chi connectivity index (χ1v) is 8.20. The van der Waals surface area contributed by atoms with Crippen molar-refractivity contribution >= 4 is 50.8 Å². The van der Waals surface area contributed by atoms with Crippen LogP contribution in [-0.2, 0) is 14.8 Å². The van der Waals surface area contributed by atoms with Crippen LogP contribution in [0.25, 0.3) is 6.08 Å². The van der Waals surface area contributed by atoms with Crippen molar-refractivity contribution < 1.29 is 18.3 Å². The van der Waals surface area contributed by atoms with Gasteiger partial charge < -0.3 is 5.11 Å². The van der Waals surface area contributed by atoms with Gasteiger partial charge in [0.1, 0.15) is 10.0 Å². The van der Waals surface area contributed by atoms with E-state index in [4.69, 9.17) is 16.7 Å². The molecule has 0 aromatic carbocycles. The minimum atomic E-state index is -3.76. The molecule has 0 saturated carbocycles. The van der Waals surface area contributed by atoms with E-state index in [0.29, 0.717) is 9.90 Å². The molecule has 110 valence electrons. The highest BCUT2D eigenvalue weighted by atomic mass is 35.5. The summed E-state index contributed by atoms with van der Waals surface area (Å²) in [5, 5.41) is 8.56. The van der Waals surface area contributed by atoms with Gasteiger partial charge >= 0.3 is 5.97 Å². The van der Waals surface area contributed by atoms with Crippen LogP contribution in [0.1, 0.15) is 5.56 Å². The van der Waals surface area contributed by atoms with Crippen LogP contribution >= 0.6 is 22.9 Å². The Hall–Kier alpha value is -1.90. The van der Waals surface area contributed by atoms with E-state index in [0.717, 1.165) is 17.4 Å². The number of thiophene rings is 1. The molecule has 6 nitrogen and oxygen atoms in total. The van der Waals surface area contributed by atoms with E-state index in [1.807, 2.05) is 0 Å². The monoisotopic (exact) mass is 344 g/mol. The fourth-order valence-corrected chi connectivity index (χ4v) is 3.89. The van der Waals surface area contributed by atoms with Crippen molar-refractivity contribution in [3.63, 3.8) is 0 Å². The van der Waals surface area contributed by atoms with E-state index in [1.165, 1.54) is 30.5 Å². The van der Waals surface area contributed by atoms with Crippen LogP contribution in [0.3, 0.4) is 0 Å². The molecule has 21 heavy (non-hydrogen) atoms. The molecule has 2 aromatic rings. The Bertz CT molecular complexity index is 799. The Kier molecular flexibility index (Phi) is 4.61. The van der Waals surface area contributed by atoms with Crippen LogP contribution in [0.15, 0.2) is 40.7 Å². The van der Waals surface area contributed by atoms with Crippen LogP contribution in [0.2, 0.25) is 4.34 Å². The van der Waals surface area contributed by atoms with Crippen LogP contribution in [0.4, 0.5) is 5.82 Å². The summed E-state index contributed by atoms with van der Waals surface area (Å²) in [4.78, 5) is 14.3. The van der Waals surface area contributed by atoms with Gasteiger partial charge in [0.05, 0.1) is 4.34 Å². The maximum atomic E-state index is 12.1. The fraction of sp³-hybridized carbons (Fsp3) is 0. The van der Waals surface area contributed by atoms with Crippen LogP contribution in [-0.4, -0.2) is 24.5 Å². The third-order valence-corrected chi connectivity index (χ3v) is 5.33. The van der Waals surface area contributed by atoms with Gasteiger partial charge in [-0.3, -0.25) is 4.72 Å². The lowest BCUT2D eigenvalue weighted by molar-refractivity contribution is -0.131. The smallest absolute Gasteiger partial charge is 0.328 e. The summed E-state index contributed by atoms with van der Waals surface area (Å²) >= 11 is 6.64. The molecule has 2 heterocycles. The zero-order chi connectivity index (χ0) is 15.5. The van der Waals surface area contributed by atoms with Gasteiger partial charge in [-0.1, -0.05) is 11.6 Å². The van der Waals surface area contributed by atoms with E-state index >= 15 is 0 Å². The van der Waals surface area contributed by atoms with Crippen molar-refractivity contribution in [2.75, 3.05) is 4.72 Å². The zero-order valence-electron chi connectivity index (χ0n) is 10.4. The topological polar surface area (TPSA) is 96.4 Å². The first kappa shape index (κ1) is 15.5. The van der Waals surface area contributed by atoms with Crippen molar-refractivity contribution in [3.05, 3.63) is 46.4 Å². The molecular weight excluding hydrogens is 336 g/mol. The van der Waals surface area contributed by atoms with Crippen LogP contribution in [0, 0.1) is 0 Å². The minimum absolute atomic E-state index is 0.0702. The molecule has 0 aliphatic heterocycles. The number of carboxylic acids is 1. The van der Waals surface area contributed by atoms with Crippen LogP contribution in [0.5, 0.6) is 0 Å². The van der Waals surface area contributed by atoms with E-state index in [9.17, 15) is 13.2 Å². The number of hydrogen-bond acceptors (Lipinski definition) is 5. The van der Waals surface area contributed by atoms with Gasteiger partial charge in [0, 0.05) is 12.3 Å². The van der Waals surface area contributed by atoms with Crippen LogP contribution < -0.4 is 4.72 Å². The summed E-state index contributed by atoms with van der Waals surface area (Å²) in [5.41, 5.74) is 0.509. The van der Waals surface area contributed by atoms with E-state index in [2.05, 4.69) is 9.71 Å². The number of nitrogens with zero attached hydrogens (tertiary/aromatic N) is 1. The second kappa shape index (κ2) is 6.25. The van der Waals surface area contributed by atoms with E-state index < -0.39 is 16.0 Å². The lowest BCUT2D eigenvalue weighted by Gasteiger charge is -2.05. The lowest BCUT2D eigenvalue weighted by atomic mass is 10.2. The second-order valence-electron chi connectivity index (χ2n) is 3.81. The molecule has 9 heteroatoms. The average molecular weight is 345 g/mol. The highest BCUT2D eigenvalue weighted by Crippen LogP contribution is 2.26. The Morgan fingerprint density at radius 3 is 2.76 bits per heavy atom. The molecule has 0 unspecified atom stereocenters. The first-order valence-electron chi connectivity index (χ1n) is 5.52. The molecule has 2 aromatic heterocycles. The summed E-state index contributed by atoms with van der Waals surface area (Å²) in [6.45, 7) is 0. The van der Waals surface area contributed by atoms with Gasteiger partial charge in [-0.25, -0.2) is 18.2 Å². The standard InChI is InChI=1S/C12H9ClN2O4S2/c13-9-2-4-12(20-9)21(18,19)15-10-7-8(5-6-14-10)1-3-11(16)17/h1-7H,(H,14,15)(H,16,17)/b3-1+. The Labute approximate surface area is 129 Å². The van der Waals surface area contributed by atoms with Crippen molar-refractivity contribution in [1.29, 1.82) is 0 Å². The average Bonchev–Trinajstić information content (AvgIpc) is 2.84. The molecule has 0 aliphatic carbocycles. The number of aliphatic carboxylic acids is 1. The zero-order valence-corrected chi connectivity index (χ0v) is 12.7. The van der Waals surface area contributed by atoms with Gasteiger partial charge in [0.25, 0.3) is 10.0 Å². The number of anilines is 1.